The molecule has 0 unspecified atom stereocenters. The topological polar surface area (TPSA) is 67.8 Å². The molecule has 1 N–H and O–H groups in total. The van der Waals surface area contributed by atoms with Gasteiger partial charge in [0.1, 0.15) is 0 Å². The van der Waals surface area contributed by atoms with Gasteiger partial charge in [-0.1, -0.05) is 48.5 Å². The molecular formula is C28H20N4O. The first-order valence-electron chi connectivity index (χ1n) is 10.6. The molecule has 0 aliphatic heterocycles. The van der Waals surface area contributed by atoms with E-state index in [4.69, 9.17) is 4.98 Å². The first-order chi connectivity index (χ1) is 16.3. The molecule has 0 aliphatic carbocycles. The van der Waals surface area contributed by atoms with Crippen LogP contribution in [0.5, 0.6) is 0 Å². The maximum atomic E-state index is 10.6. The Kier molecular flexibility index (Phi) is 5.68. The zero-order valence-corrected chi connectivity index (χ0v) is 17.7. The number of rotatable bonds is 6. The summed E-state index contributed by atoms with van der Waals surface area (Å²) in [5, 5.41) is 2.66. The lowest BCUT2D eigenvalue weighted by molar-refractivity contribution is -0.105. The van der Waals surface area contributed by atoms with Crippen molar-refractivity contribution < 1.29 is 4.79 Å². The molecule has 33 heavy (non-hydrogen) atoms. The Morgan fingerprint density at radius 1 is 0.545 bits per heavy atom. The van der Waals surface area contributed by atoms with E-state index in [-0.39, 0.29) is 0 Å². The van der Waals surface area contributed by atoms with Crippen LogP contribution >= 0.6 is 0 Å². The predicted molar refractivity (Wildman–Crippen MR) is 131 cm³/mol. The zero-order chi connectivity index (χ0) is 22.5. The third kappa shape index (κ3) is 4.52. The van der Waals surface area contributed by atoms with E-state index in [1.165, 1.54) is 0 Å². The van der Waals surface area contributed by atoms with E-state index in [2.05, 4.69) is 51.7 Å². The third-order valence-electron chi connectivity index (χ3n) is 5.34. The van der Waals surface area contributed by atoms with Gasteiger partial charge in [-0.3, -0.25) is 14.8 Å². The van der Waals surface area contributed by atoms with Crippen molar-refractivity contribution >= 4 is 12.1 Å². The first-order valence-corrected chi connectivity index (χ1v) is 10.6. The molecule has 0 spiro atoms. The number of hydrogen-bond donors (Lipinski definition) is 1. The van der Waals surface area contributed by atoms with Crippen molar-refractivity contribution in [2.75, 3.05) is 5.32 Å². The van der Waals surface area contributed by atoms with Crippen molar-refractivity contribution in [1.29, 1.82) is 0 Å². The average Bonchev–Trinajstić information content (AvgIpc) is 2.90. The van der Waals surface area contributed by atoms with Crippen LogP contribution in [0.25, 0.3) is 45.0 Å². The number of pyridine rings is 3. The Bertz CT molecular complexity index is 1310. The number of aromatic nitrogens is 3. The lowest BCUT2D eigenvalue weighted by Gasteiger charge is -2.10. The minimum absolute atomic E-state index is 0.678. The zero-order valence-electron chi connectivity index (χ0n) is 17.7. The van der Waals surface area contributed by atoms with Gasteiger partial charge in [-0.25, -0.2) is 4.98 Å². The summed E-state index contributed by atoms with van der Waals surface area (Å²) < 4.78 is 0. The highest BCUT2D eigenvalue weighted by molar-refractivity contribution is 5.77. The number of benzene rings is 2. The molecule has 5 rings (SSSR count). The molecule has 0 fully saturated rings. The van der Waals surface area contributed by atoms with Crippen molar-refractivity contribution in [1.82, 2.24) is 15.0 Å². The van der Waals surface area contributed by atoms with Crippen LogP contribution in [-0.4, -0.2) is 21.4 Å². The van der Waals surface area contributed by atoms with Gasteiger partial charge in [0, 0.05) is 18.1 Å². The van der Waals surface area contributed by atoms with Crippen molar-refractivity contribution in [2.24, 2.45) is 0 Å². The largest absolute Gasteiger partial charge is 0.329 e. The summed E-state index contributed by atoms with van der Waals surface area (Å²) in [5.74, 6) is 0. The standard InChI is InChI=1S/C28H20N4O/c33-19-31-24-13-11-21(12-14-24)20-7-9-22(10-8-20)23-17-27(25-5-1-3-15-29-25)32-28(18-23)26-6-2-4-16-30-26/h1-19H,(H,31,33). The van der Waals surface area contributed by atoms with Gasteiger partial charge in [0.25, 0.3) is 0 Å². The molecule has 1 amide bonds. The highest BCUT2D eigenvalue weighted by Gasteiger charge is 2.10. The molecule has 5 heteroatoms. The van der Waals surface area contributed by atoms with E-state index in [9.17, 15) is 4.79 Å². The van der Waals surface area contributed by atoms with Gasteiger partial charge >= 0.3 is 0 Å². The van der Waals surface area contributed by atoms with Crippen LogP contribution in [0.2, 0.25) is 0 Å². The Labute approximate surface area is 191 Å². The van der Waals surface area contributed by atoms with Gasteiger partial charge in [0.2, 0.25) is 6.41 Å². The van der Waals surface area contributed by atoms with Gasteiger partial charge in [0.05, 0.1) is 22.8 Å². The second-order valence-electron chi connectivity index (χ2n) is 7.47. The van der Waals surface area contributed by atoms with Crippen LogP contribution < -0.4 is 5.32 Å². The lowest BCUT2D eigenvalue weighted by atomic mass is 9.99. The van der Waals surface area contributed by atoms with E-state index >= 15 is 0 Å². The van der Waals surface area contributed by atoms with Crippen LogP contribution in [-0.2, 0) is 4.79 Å². The molecule has 5 aromatic rings. The maximum Gasteiger partial charge on any atom is 0.211 e. The Morgan fingerprint density at radius 3 is 1.48 bits per heavy atom. The Morgan fingerprint density at radius 2 is 1.03 bits per heavy atom. The third-order valence-corrected chi connectivity index (χ3v) is 5.34. The van der Waals surface area contributed by atoms with E-state index in [1.54, 1.807) is 12.4 Å². The minimum Gasteiger partial charge on any atom is -0.329 e. The van der Waals surface area contributed by atoms with Crippen molar-refractivity contribution in [2.45, 2.75) is 0 Å². The number of hydrogen-bond acceptors (Lipinski definition) is 4. The van der Waals surface area contributed by atoms with Gasteiger partial charge in [-0.05, 0) is 70.8 Å². The van der Waals surface area contributed by atoms with Gasteiger partial charge in [-0.15, -0.1) is 0 Å². The number of nitrogens with zero attached hydrogens (tertiary/aromatic N) is 3. The molecule has 0 aliphatic rings. The summed E-state index contributed by atoms with van der Waals surface area (Å²) >= 11 is 0. The van der Waals surface area contributed by atoms with Gasteiger partial charge < -0.3 is 5.32 Å². The summed E-state index contributed by atoms with van der Waals surface area (Å²) in [5.41, 5.74) is 8.31. The molecule has 0 saturated heterocycles. The molecule has 3 aromatic heterocycles. The van der Waals surface area contributed by atoms with Crippen LogP contribution in [0, 0.1) is 0 Å². The van der Waals surface area contributed by atoms with Gasteiger partial charge in [-0.2, -0.15) is 0 Å². The monoisotopic (exact) mass is 428 g/mol. The number of carbonyl (C=O) groups excluding carboxylic acids is 1. The Balaban J connectivity index is 1.53. The summed E-state index contributed by atoms with van der Waals surface area (Å²) in [6.07, 6.45) is 4.22. The molecule has 3 heterocycles. The molecule has 5 nitrogen and oxygen atoms in total. The summed E-state index contributed by atoms with van der Waals surface area (Å²) in [6.45, 7) is 0. The lowest BCUT2D eigenvalue weighted by Crippen LogP contribution is -1.94. The van der Waals surface area contributed by atoms with E-state index in [1.807, 2.05) is 60.7 Å². The van der Waals surface area contributed by atoms with Crippen molar-refractivity contribution in [3.8, 4) is 45.0 Å². The van der Waals surface area contributed by atoms with Crippen LogP contribution in [0.15, 0.2) is 109 Å². The highest BCUT2D eigenvalue weighted by atomic mass is 16.1. The number of carbonyl (C=O) groups is 1. The first kappa shape index (κ1) is 20.3. The molecule has 0 atom stereocenters. The fraction of sp³-hybridized carbons (Fsp3) is 0. The van der Waals surface area contributed by atoms with Crippen LogP contribution in [0.4, 0.5) is 5.69 Å². The normalized spacial score (nSPS) is 10.5. The highest BCUT2D eigenvalue weighted by Crippen LogP contribution is 2.30. The van der Waals surface area contributed by atoms with Crippen LogP contribution in [0.3, 0.4) is 0 Å². The maximum absolute atomic E-state index is 10.6. The predicted octanol–water partition coefficient (Wildman–Crippen LogP) is 6.11. The Hall–Kier alpha value is -4.64. The average molecular weight is 428 g/mol. The molecule has 158 valence electrons. The number of amides is 1. The SMILES string of the molecule is O=CNc1ccc(-c2ccc(-c3cc(-c4ccccn4)nc(-c4ccccn4)c3)cc2)cc1. The molecular weight excluding hydrogens is 408 g/mol. The number of anilines is 1. The smallest absolute Gasteiger partial charge is 0.211 e. The fourth-order valence-electron chi connectivity index (χ4n) is 3.67. The summed E-state index contributed by atoms with van der Waals surface area (Å²) in [6, 6.07) is 31.9. The van der Waals surface area contributed by atoms with Crippen LogP contribution in [0.1, 0.15) is 0 Å². The quantitative estimate of drug-likeness (QED) is 0.332. The second kappa shape index (κ2) is 9.24. The molecule has 0 radical (unpaired) electrons. The molecule has 2 aromatic carbocycles. The van der Waals surface area contributed by atoms with Crippen molar-refractivity contribution in [3.05, 3.63) is 109 Å². The molecule has 0 bridgehead atoms. The minimum atomic E-state index is 0.678. The fourth-order valence-corrected chi connectivity index (χ4v) is 3.67. The van der Waals surface area contributed by atoms with Gasteiger partial charge in [0.15, 0.2) is 0 Å². The summed E-state index contributed by atoms with van der Waals surface area (Å²) in [7, 11) is 0. The molecule has 0 saturated carbocycles. The number of nitrogens with one attached hydrogen (secondary N) is 1. The second-order valence-corrected chi connectivity index (χ2v) is 7.47. The summed E-state index contributed by atoms with van der Waals surface area (Å²) in [4.78, 5) is 24.4. The van der Waals surface area contributed by atoms with Crippen molar-refractivity contribution in [3.63, 3.8) is 0 Å². The van der Waals surface area contributed by atoms with E-state index < -0.39 is 0 Å². The van der Waals surface area contributed by atoms with E-state index in [0.29, 0.717) is 6.41 Å². The van der Waals surface area contributed by atoms with E-state index in [0.717, 1.165) is 50.7 Å².